The predicted octanol–water partition coefficient (Wildman–Crippen LogP) is 14.3. The second-order valence-corrected chi connectivity index (χ2v) is 17.4. The zero-order chi connectivity index (χ0) is 47.7. The number of hydrogen-bond acceptors (Lipinski definition) is 6. The van der Waals surface area contributed by atoms with E-state index in [9.17, 15) is 21.0 Å². The fourth-order valence-corrected chi connectivity index (χ4v) is 10.6. The Labute approximate surface area is 406 Å². The summed E-state index contributed by atoms with van der Waals surface area (Å²) < 4.78 is 6.76. The molecular formula is C62H33N9. The van der Waals surface area contributed by atoms with E-state index < -0.39 is 0 Å². The van der Waals surface area contributed by atoms with Crippen molar-refractivity contribution in [3.63, 3.8) is 0 Å². The predicted molar refractivity (Wildman–Crippen MR) is 280 cm³/mol. The minimum atomic E-state index is 0.218. The van der Waals surface area contributed by atoms with Gasteiger partial charge >= 0.3 is 0 Å². The van der Waals surface area contributed by atoms with Crippen LogP contribution in [0.1, 0.15) is 22.3 Å². The Morgan fingerprint density at radius 2 is 0.662 bits per heavy atom. The molecule has 9 aromatic carbocycles. The van der Waals surface area contributed by atoms with Crippen LogP contribution in [0.4, 0.5) is 0 Å². The molecule has 0 aliphatic heterocycles. The monoisotopic (exact) mass is 903 g/mol. The Morgan fingerprint density at radius 1 is 0.296 bits per heavy atom. The van der Waals surface area contributed by atoms with E-state index in [2.05, 4.69) is 171 Å². The first-order valence-corrected chi connectivity index (χ1v) is 23.0. The van der Waals surface area contributed by atoms with Gasteiger partial charge in [-0.05, 0) is 97.1 Å². The van der Waals surface area contributed by atoms with Crippen LogP contribution in [-0.4, -0.2) is 23.7 Å². The van der Waals surface area contributed by atoms with Gasteiger partial charge < -0.3 is 13.7 Å². The Hall–Kier alpha value is -10.6. The van der Waals surface area contributed by atoms with E-state index in [1.165, 1.54) is 21.5 Å². The zero-order valence-electron chi connectivity index (χ0n) is 37.6. The van der Waals surface area contributed by atoms with E-state index >= 15 is 0 Å². The number of para-hydroxylation sites is 4. The first-order chi connectivity index (χ1) is 35.0. The van der Waals surface area contributed by atoms with Gasteiger partial charge in [0.05, 0.1) is 91.0 Å². The van der Waals surface area contributed by atoms with Gasteiger partial charge in [-0.25, -0.2) is 9.97 Å². The van der Waals surface area contributed by atoms with Gasteiger partial charge in [0, 0.05) is 66.1 Å². The van der Waals surface area contributed by atoms with Crippen molar-refractivity contribution in [3.8, 4) is 75.2 Å². The lowest BCUT2D eigenvalue weighted by Crippen LogP contribution is -2.03. The Bertz CT molecular complexity index is 4210. The lowest BCUT2D eigenvalue weighted by Gasteiger charge is -2.15. The topological polar surface area (TPSA) is 136 Å². The molecule has 0 saturated carbocycles. The van der Waals surface area contributed by atoms with E-state index in [1.54, 1.807) is 48.5 Å². The van der Waals surface area contributed by atoms with E-state index in [0.717, 1.165) is 55.2 Å². The van der Waals surface area contributed by atoms with Crippen molar-refractivity contribution in [1.29, 1.82) is 21.0 Å². The third kappa shape index (κ3) is 6.22. The molecule has 0 saturated heterocycles. The van der Waals surface area contributed by atoms with Crippen LogP contribution in [0.25, 0.3) is 116 Å². The summed E-state index contributed by atoms with van der Waals surface area (Å²) in [5, 5.41) is 49.1. The Balaban J connectivity index is 1.07. The largest absolute Gasteiger partial charge is 0.309 e. The molecule has 4 heterocycles. The van der Waals surface area contributed by atoms with Crippen molar-refractivity contribution >= 4 is 65.4 Å². The summed E-state index contributed by atoms with van der Waals surface area (Å²) in [6, 6.07) is 75.7. The molecule has 0 aliphatic rings. The number of hydrogen-bond donors (Lipinski definition) is 0. The number of rotatable bonds is 6. The smallest absolute Gasteiger partial charge is 0.161 e. The van der Waals surface area contributed by atoms with Gasteiger partial charge in [0.2, 0.25) is 0 Å². The van der Waals surface area contributed by atoms with Gasteiger partial charge in [-0.3, -0.25) is 0 Å². The summed E-state index contributed by atoms with van der Waals surface area (Å²) in [7, 11) is 0. The summed E-state index contributed by atoms with van der Waals surface area (Å²) in [5.74, 6) is 0.222. The van der Waals surface area contributed by atoms with Crippen LogP contribution in [0.5, 0.6) is 0 Å². The molecule has 9 nitrogen and oxygen atoms in total. The number of nitriles is 4. The molecule has 4 aromatic heterocycles. The molecule has 0 bridgehead atoms. The van der Waals surface area contributed by atoms with Crippen LogP contribution in [0.15, 0.2) is 200 Å². The highest BCUT2D eigenvalue weighted by Gasteiger charge is 2.24. The maximum atomic E-state index is 11.1. The van der Waals surface area contributed by atoms with Crippen LogP contribution < -0.4 is 0 Å². The average molecular weight is 904 g/mol. The lowest BCUT2D eigenvalue weighted by atomic mass is 9.95. The highest BCUT2D eigenvalue weighted by Crippen LogP contribution is 2.41. The van der Waals surface area contributed by atoms with Crippen LogP contribution in [-0.2, 0) is 0 Å². The van der Waals surface area contributed by atoms with Gasteiger partial charge in [-0.2, -0.15) is 21.0 Å². The molecule has 326 valence electrons. The average Bonchev–Trinajstić information content (AvgIpc) is 4.08. The van der Waals surface area contributed by atoms with Crippen LogP contribution in [0.2, 0.25) is 0 Å². The molecular weight excluding hydrogens is 871 g/mol. The van der Waals surface area contributed by atoms with Crippen LogP contribution >= 0.6 is 0 Å². The molecule has 13 aromatic rings. The summed E-state index contributed by atoms with van der Waals surface area (Å²) in [6.45, 7) is 0. The van der Waals surface area contributed by atoms with E-state index in [0.29, 0.717) is 44.9 Å². The number of benzene rings is 9. The third-order valence-electron chi connectivity index (χ3n) is 13.6. The normalized spacial score (nSPS) is 11.3. The van der Waals surface area contributed by atoms with Crippen LogP contribution in [0, 0.1) is 45.3 Å². The van der Waals surface area contributed by atoms with Gasteiger partial charge in [0.1, 0.15) is 0 Å². The zero-order valence-corrected chi connectivity index (χ0v) is 37.6. The summed E-state index contributed by atoms with van der Waals surface area (Å²) >= 11 is 0. The van der Waals surface area contributed by atoms with E-state index in [1.807, 2.05) is 18.2 Å². The Kier molecular flexibility index (Phi) is 9.19. The molecule has 13 rings (SSSR count). The first-order valence-electron chi connectivity index (χ1n) is 23.0. The van der Waals surface area contributed by atoms with Crippen molar-refractivity contribution in [1.82, 2.24) is 23.7 Å². The van der Waals surface area contributed by atoms with Gasteiger partial charge in [-0.1, -0.05) is 103 Å². The quantitative estimate of drug-likeness (QED) is 0.163. The third-order valence-corrected chi connectivity index (χ3v) is 13.6. The fraction of sp³-hybridized carbons (Fsp3) is 0. The second kappa shape index (κ2) is 16.0. The molecule has 0 unspecified atom stereocenters. The van der Waals surface area contributed by atoms with Gasteiger partial charge in [-0.15, -0.1) is 0 Å². The van der Waals surface area contributed by atoms with E-state index in [-0.39, 0.29) is 17.0 Å². The fourth-order valence-electron chi connectivity index (χ4n) is 10.6. The Morgan fingerprint density at radius 3 is 1.13 bits per heavy atom. The second-order valence-electron chi connectivity index (χ2n) is 17.4. The molecule has 0 N–H and O–H groups in total. The highest BCUT2D eigenvalue weighted by atomic mass is 15.0. The standard InChI is InChI=1S/C62H33N9/c63-34-38-13-1-3-15-45(38)53-33-54(68-62(67-53)46-16-4-2-14-39(46)35-64)61-40(36-65)29-44(30-41(61)37-66)71-59-27-25-42(69-55-21-9-5-17-47(55)48-18-6-10-22-56(48)69)31-51(59)52-32-43(26-28-60(52)71)70-57-23-11-7-19-49(57)50-20-8-12-24-58(50)70/h1-33H. The van der Waals surface area contributed by atoms with Crippen LogP contribution in [0.3, 0.4) is 0 Å². The molecule has 0 atom stereocenters. The summed E-state index contributed by atoms with van der Waals surface area (Å²) in [5.41, 5.74) is 12.0. The number of aromatic nitrogens is 5. The molecule has 0 fully saturated rings. The van der Waals surface area contributed by atoms with Crippen molar-refractivity contribution in [2.24, 2.45) is 0 Å². The maximum absolute atomic E-state index is 11.1. The number of fused-ring (bicyclic) bond motifs is 9. The lowest BCUT2D eigenvalue weighted by molar-refractivity contribution is 1.15. The van der Waals surface area contributed by atoms with E-state index in [4.69, 9.17) is 9.97 Å². The van der Waals surface area contributed by atoms with Crippen molar-refractivity contribution in [2.75, 3.05) is 0 Å². The summed E-state index contributed by atoms with van der Waals surface area (Å²) in [4.78, 5) is 9.85. The van der Waals surface area contributed by atoms with Gasteiger partial charge in [0.15, 0.2) is 5.82 Å². The molecule has 0 aliphatic carbocycles. The molecule has 0 radical (unpaired) electrons. The first kappa shape index (κ1) is 40.7. The van der Waals surface area contributed by atoms with Crippen molar-refractivity contribution < 1.29 is 0 Å². The highest BCUT2D eigenvalue weighted by molar-refractivity contribution is 6.14. The minimum absolute atomic E-state index is 0.218. The molecule has 0 spiro atoms. The van der Waals surface area contributed by atoms with Crippen molar-refractivity contribution in [3.05, 3.63) is 222 Å². The molecule has 0 amide bonds. The maximum Gasteiger partial charge on any atom is 0.161 e. The SMILES string of the molecule is N#Cc1ccccc1-c1cc(-c2c(C#N)cc(-n3c4ccc(-n5c6ccccc6c6ccccc65)cc4c4cc(-n5c6ccccc6c6ccccc65)ccc43)cc2C#N)nc(-c2ccccc2C#N)n1. The molecule has 9 heteroatoms. The number of nitrogens with zero attached hydrogens (tertiary/aromatic N) is 9. The van der Waals surface area contributed by atoms with Crippen molar-refractivity contribution in [2.45, 2.75) is 0 Å². The summed E-state index contributed by atoms with van der Waals surface area (Å²) in [6.07, 6.45) is 0. The minimum Gasteiger partial charge on any atom is -0.309 e. The molecule has 71 heavy (non-hydrogen) atoms. The van der Waals surface area contributed by atoms with Gasteiger partial charge in [0.25, 0.3) is 0 Å².